The van der Waals surface area contributed by atoms with Gasteiger partial charge in [0, 0.05) is 38.4 Å². The van der Waals surface area contributed by atoms with Crippen LogP contribution in [0.5, 0.6) is 0 Å². The van der Waals surface area contributed by atoms with Gasteiger partial charge >= 0.3 is 6.03 Å². The number of furan rings is 1. The maximum Gasteiger partial charge on any atom is 0.322 e. The van der Waals surface area contributed by atoms with E-state index < -0.39 is 0 Å². The first-order valence-corrected chi connectivity index (χ1v) is 13.3. The number of benzene rings is 2. The number of rotatable bonds is 11. The molecular weight excluding hydrogens is 480 g/mol. The van der Waals surface area contributed by atoms with Crippen LogP contribution in [-0.2, 0) is 22.5 Å². The summed E-state index contributed by atoms with van der Waals surface area (Å²) in [5, 5.41) is 2.97. The number of carbonyl (C=O) groups is 2. The minimum absolute atomic E-state index is 0.0173. The average Bonchev–Trinajstić information content (AvgIpc) is 3.35. The highest BCUT2D eigenvalue weighted by Crippen LogP contribution is 2.14. The van der Waals surface area contributed by atoms with Crippen LogP contribution in [0, 0.1) is 13.8 Å². The highest BCUT2D eigenvalue weighted by Gasteiger charge is 2.23. The monoisotopic (exact) mass is 518 g/mol. The first kappa shape index (κ1) is 27.4. The zero-order valence-corrected chi connectivity index (χ0v) is 22.4. The van der Waals surface area contributed by atoms with E-state index in [-0.39, 0.29) is 18.5 Å². The van der Waals surface area contributed by atoms with E-state index in [4.69, 9.17) is 9.15 Å². The molecule has 38 heavy (non-hydrogen) atoms. The number of morpholine rings is 1. The van der Waals surface area contributed by atoms with Gasteiger partial charge in [-0.3, -0.25) is 9.69 Å². The molecule has 0 bridgehead atoms. The third-order valence-electron chi connectivity index (χ3n) is 6.71. The van der Waals surface area contributed by atoms with Crippen LogP contribution in [0.15, 0.2) is 71.1 Å². The second kappa shape index (κ2) is 13.8. The van der Waals surface area contributed by atoms with Crippen LogP contribution in [0.25, 0.3) is 0 Å². The lowest BCUT2D eigenvalue weighted by Crippen LogP contribution is -2.48. The molecule has 2 aromatic carbocycles. The predicted molar refractivity (Wildman–Crippen MR) is 148 cm³/mol. The summed E-state index contributed by atoms with van der Waals surface area (Å²) >= 11 is 0. The summed E-state index contributed by atoms with van der Waals surface area (Å²) in [6, 6.07) is 21.3. The highest BCUT2D eigenvalue weighted by atomic mass is 16.5. The molecule has 8 nitrogen and oxygen atoms in total. The topological polar surface area (TPSA) is 78.3 Å². The van der Waals surface area contributed by atoms with Gasteiger partial charge in [0.2, 0.25) is 5.91 Å². The number of carbonyl (C=O) groups excluding carboxylic acids is 2. The van der Waals surface area contributed by atoms with E-state index in [1.54, 1.807) is 9.80 Å². The van der Waals surface area contributed by atoms with Crippen molar-refractivity contribution < 1.29 is 18.7 Å². The lowest BCUT2D eigenvalue weighted by molar-refractivity contribution is -0.132. The molecule has 2 heterocycles. The lowest BCUT2D eigenvalue weighted by atomic mass is 10.1. The molecule has 0 radical (unpaired) electrons. The van der Waals surface area contributed by atoms with Crippen LogP contribution < -0.4 is 5.32 Å². The van der Waals surface area contributed by atoms with Gasteiger partial charge in [-0.1, -0.05) is 48.0 Å². The Morgan fingerprint density at radius 2 is 1.63 bits per heavy atom. The molecule has 1 N–H and O–H groups in total. The van der Waals surface area contributed by atoms with Gasteiger partial charge in [0.05, 0.1) is 19.8 Å². The normalized spacial score (nSPS) is 13.7. The van der Waals surface area contributed by atoms with Gasteiger partial charge in [0.25, 0.3) is 0 Å². The van der Waals surface area contributed by atoms with E-state index in [9.17, 15) is 9.59 Å². The summed E-state index contributed by atoms with van der Waals surface area (Å²) in [7, 11) is 0. The van der Waals surface area contributed by atoms with Crippen molar-refractivity contribution in [2.75, 3.05) is 57.8 Å². The Hall–Kier alpha value is -3.62. The maximum atomic E-state index is 13.7. The maximum absolute atomic E-state index is 13.7. The molecule has 0 unspecified atom stereocenters. The number of ether oxygens (including phenoxy) is 1. The van der Waals surface area contributed by atoms with Crippen molar-refractivity contribution in [3.05, 3.63) is 89.4 Å². The van der Waals surface area contributed by atoms with Crippen LogP contribution in [0.2, 0.25) is 0 Å². The Morgan fingerprint density at radius 1 is 0.895 bits per heavy atom. The van der Waals surface area contributed by atoms with Crippen LogP contribution >= 0.6 is 0 Å². The SMILES string of the molecule is Cc1ccc(NC(=O)N(CCN2CCOCC2)CC(=O)N(CCc2ccccc2)Cc2ccc(C)o2)cc1. The fourth-order valence-corrected chi connectivity index (χ4v) is 4.40. The van der Waals surface area contributed by atoms with Crippen molar-refractivity contribution in [1.29, 1.82) is 0 Å². The molecule has 1 aromatic heterocycles. The zero-order valence-electron chi connectivity index (χ0n) is 22.4. The van der Waals surface area contributed by atoms with Gasteiger partial charge in [0.15, 0.2) is 0 Å². The number of urea groups is 1. The van der Waals surface area contributed by atoms with Gasteiger partial charge in [0.1, 0.15) is 18.1 Å². The van der Waals surface area contributed by atoms with Crippen molar-refractivity contribution in [1.82, 2.24) is 14.7 Å². The number of amides is 3. The molecule has 1 fully saturated rings. The summed E-state index contributed by atoms with van der Waals surface area (Å²) in [6.45, 7) is 8.90. The fourth-order valence-electron chi connectivity index (χ4n) is 4.40. The molecule has 1 aliphatic heterocycles. The zero-order chi connectivity index (χ0) is 26.7. The molecule has 202 valence electrons. The largest absolute Gasteiger partial charge is 0.464 e. The van der Waals surface area contributed by atoms with Gasteiger partial charge in [-0.05, 0) is 50.1 Å². The molecule has 1 aliphatic rings. The number of aryl methyl sites for hydroxylation is 2. The first-order chi connectivity index (χ1) is 18.5. The van der Waals surface area contributed by atoms with Gasteiger partial charge in [-0.2, -0.15) is 0 Å². The van der Waals surface area contributed by atoms with E-state index in [1.807, 2.05) is 68.4 Å². The minimum atomic E-state index is -0.285. The summed E-state index contributed by atoms with van der Waals surface area (Å²) in [5.41, 5.74) is 2.98. The summed E-state index contributed by atoms with van der Waals surface area (Å²) < 4.78 is 11.2. The Morgan fingerprint density at radius 3 is 2.32 bits per heavy atom. The van der Waals surface area contributed by atoms with Crippen LogP contribution in [-0.4, -0.2) is 79.1 Å². The Kier molecular flexibility index (Phi) is 9.95. The smallest absolute Gasteiger partial charge is 0.322 e. The highest BCUT2D eigenvalue weighted by molar-refractivity contribution is 5.92. The minimum Gasteiger partial charge on any atom is -0.464 e. The second-order valence-corrected chi connectivity index (χ2v) is 9.73. The molecule has 0 saturated carbocycles. The van der Waals surface area contributed by atoms with Crippen LogP contribution in [0.4, 0.5) is 10.5 Å². The van der Waals surface area contributed by atoms with Crippen molar-refractivity contribution in [3.63, 3.8) is 0 Å². The molecule has 0 aliphatic carbocycles. The Labute approximate surface area is 225 Å². The molecular formula is C30H38N4O4. The molecule has 4 rings (SSSR count). The quantitative estimate of drug-likeness (QED) is 0.409. The molecule has 0 atom stereocenters. The van der Waals surface area contributed by atoms with E-state index in [2.05, 4.69) is 22.3 Å². The van der Waals surface area contributed by atoms with E-state index >= 15 is 0 Å². The summed E-state index contributed by atoms with van der Waals surface area (Å²) in [5.74, 6) is 1.42. The Bertz CT molecular complexity index is 1160. The molecule has 3 amide bonds. The van der Waals surface area contributed by atoms with Gasteiger partial charge < -0.3 is 24.3 Å². The molecule has 0 spiro atoms. The molecule has 1 saturated heterocycles. The first-order valence-electron chi connectivity index (χ1n) is 13.3. The standard InChI is InChI=1S/C30H38N4O4/c1-24-8-11-27(12-9-24)31-30(36)34(17-16-32-18-20-37-21-19-32)23-29(35)33(22-28-13-10-25(2)38-28)15-14-26-6-4-3-5-7-26/h3-13H,14-23H2,1-2H3,(H,31,36). The number of nitrogens with one attached hydrogen (secondary N) is 1. The molecule has 3 aromatic rings. The van der Waals surface area contributed by atoms with Crippen molar-refractivity contribution in [2.24, 2.45) is 0 Å². The van der Waals surface area contributed by atoms with Gasteiger partial charge in [-0.15, -0.1) is 0 Å². The number of hydrogen-bond acceptors (Lipinski definition) is 5. The summed E-state index contributed by atoms with van der Waals surface area (Å²) in [4.78, 5) is 32.7. The third kappa shape index (κ3) is 8.46. The van der Waals surface area contributed by atoms with Crippen molar-refractivity contribution >= 4 is 17.6 Å². The fraction of sp³-hybridized carbons (Fsp3) is 0.400. The number of anilines is 1. The van der Waals surface area contributed by atoms with Crippen LogP contribution in [0.3, 0.4) is 0 Å². The van der Waals surface area contributed by atoms with Crippen LogP contribution in [0.1, 0.15) is 22.6 Å². The van der Waals surface area contributed by atoms with Gasteiger partial charge in [-0.25, -0.2) is 4.79 Å². The molecule has 8 heteroatoms. The van der Waals surface area contributed by atoms with Crippen molar-refractivity contribution in [2.45, 2.75) is 26.8 Å². The van der Waals surface area contributed by atoms with E-state index in [1.165, 1.54) is 0 Å². The Balaban J connectivity index is 1.46. The predicted octanol–water partition coefficient (Wildman–Crippen LogP) is 4.33. The van der Waals surface area contributed by atoms with Crippen molar-refractivity contribution in [3.8, 4) is 0 Å². The number of nitrogens with zero attached hydrogens (tertiary/aromatic N) is 3. The summed E-state index contributed by atoms with van der Waals surface area (Å²) in [6.07, 6.45) is 0.718. The second-order valence-electron chi connectivity index (χ2n) is 9.73. The average molecular weight is 519 g/mol. The number of hydrogen-bond donors (Lipinski definition) is 1. The van der Waals surface area contributed by atoms with E-state index in [0.29, 0.717) is 45.1 Å². The lowest BCUT2D eigenvalue weighted by Gasteiger charge is -2.31. The van der Waals surface area contributed by atoms with E-state index in [0.717, 1.165) is 42.2 Å². The third-order valence-corrected chi connectivity index (χ3v) is 6.71.